The first-order chi connectivity index (χ1) is 10.2. The largest absolute Gasteiger partial charge is 0.213 e. The minimum absolute atomic E-state index is 0.426. The molecule has 104 valence electrons. The second-order valence-corrected chi connectivity index (χ2v) is 5.12. The van der Waals surface area contributed by atoms with Gasteiger partial charge in [0.1, 0.15) is 5.82 Å². The fraction of sp³-hybridized carbons (Fsp3) is 0.167. The molecule has 0 spiro atoms. The summed E-state index contributed by atoms with van der Waals surface area (Å²) in [6.07, 6.45) is 10.5. The number of allylic oxidation sites excluding steroid dienone is 6. The van der Waals surface area contributed by atoms with E-state index < -0.39 is 0 Å². The van der Waals surface area contributed by atoms with Gasteiger partial charge in [-0.1, -0.05) is 67.6 Å². The SMILES string of the molecule is Cc1nc(C2=CC=CC(C)C=C2)nc(-c2ccccc2)n1. The molecule has 0 radical (unpaired) electrons. The summed E-state index contributed by atoms with van der Waals surface area (Å²) in [6.45, 7) is 4.05. The van der Waals surface area contributed by atoms with Crippen molar-refractivity contribution in [3.8, 4) is 11.4 Å². The zero-order chi connectivity index (χ0) is 14.7. The summed E-state index contributed by atoms with van der Waals surface area (Å²) < 4.78 is 0. The standard InChI is InChI=1S/C18H17N3/c1-13-7-6-10-16(12-11-13)18-20-14(2)19-17(21-18)15-8-4-3-5-9-15/h3-13H,1-2H3. The first kappa shape index (κ1) is 13.4. The van der Waals surface area contributed by atoms with E-state index in [1.807, 2.05) is 43.3 Å². The quantitative estimate of drug-likeness (QED) is 0.831. The summed E-state index contributed by atoms with van der Waals surface area (Å²) >= 11 is 0. The summed E-state index contributed by atoms with van der Waals surface area (Å²) in [5, 5.41) is 0. The van der Waals surface area contributed by atoms with Gasteiger partial charge in [-0.25, -0.2) is 15.0 Å². The number of aryl methyl sites for hydroxylation is 1. The molecule has 0 saturated carbocycles. The van der Waals surface area contributed by atoms with Crippen LogP contribution < -0.4 is 0 Å². The third-order valence-electron chi connectivity index (χ3n) is 3.31. The molecule has 0 aliphatic heterocycles. The molecule has 1 unspecified atom stereocenters. The molecule has 0 saturated heterocycles. The van der Waals surface area contributed by atoms with E-state index in [0.29, 0.717) is 11.7 Å². The Hall–Kier alpha value is -2.55. The summed E-state index contributed by atoms with van der Waals surface area (Å²) in [4.78, 5) is 13.5. The number of rotatable bonds is 2. The van der Waals surface area contributed by atoms with Gasteiger partial charge in [-0.2, -0.15) is 0 Å². The highest BCUT2D eigenvalue weighted by Gasteiger charge is 2.09. The fourth-order valence-electron chi connectivity index (χ4n) is 2.19. The maximum atomic E-state index is 4.62. The van der Waals surface area contributed by atoms with Gasteiger partial charge in [0, 0.05) is 11.1 Å². The number of hydrogen-bond donors (Lipinski definition) is 0. The highest BCUT2D eigenvalue weighted by atomic mass is 15.0. The Balaban J connectivity index is 2.05. The lowest BCUT2D eigenvalue weighted by Gasteiger charge is -2.05. The molecule has 0 fully saturated rings. The van der Waals surface area contributed by atoms with Crippen LogP contribution >= 0.6 is 0 Å². The molecule has 1 aliphatic carbocycles. The van der Waals surface area contributed by atoms with Gasteiger partial charge in [-0.05, 0) is 12.8 Å². The van der Waals surface area contributed by atoms with Crippen LogP contribution in [-0.4, -0.2) is 15.0 Å². The highest BCUT2D eigenvalue weighted by Crippen LogP contribution is 2.20. The number of nitrogens with zero attached hydrogens (tertiary/aromatic N) is 3. The first-order valence-electron chi connectivity index (χ1n) is 7.07. The highest BCUT2D eigenvalue weighted by molar-refractivity contribution is 5.72. The topological polar surface area (TPSA) is 38.7 Å². The zero-order valence-corrected chi connectivity index (χ0v) is 12.2. The molecular formula is C18H17N3. The van der Waals surface area contributed by atoms with Crippen LogP contribution in [0.5, 0.6) is 0 Å². The average Bonchev–Trinajstić information content (AvgIpc) is 2.72. The Kier molecular flexibility index (Phi) is 3.73. The minimum atomic E-state index is 0.426. The van der Waals surface area contributed by atoms with Crippen molar-refractivity contribution in [1.29, 1.82) is 0 Å². The smallest absolute Gasteiger partial charge is 0.163 e. The number of aromatic nitrogens is 3. The molecule has 3 nitrogen and oxygen atoms in total. The van der Waals surface area contributed by atoms with Crippen molar-refractivity contribution in [1.82, 2.24) is 15.0 Å². The van der Waals surface area contributed by atoms with Crippen LogP contribution in [0.25, 0.3) is 17.0 Å². The summed E-state index contributed by atoms with van der Waals surface area (Å²) in [6, 6.07) is 9.99. The molecular weight excluding hydrogens is 258 g/mol. The lowest BCUT2D eigenvalue weighted by atomic mass is 10.1. The second-order valence-electron chi connectivity index (χ2n) is 5.12. The predicted octanol–water partition coefficient (Wildman–Crippen LogP) is 3.99. The minimum Gasteiger partial charge on any atom is -0.213 e. The summed E-state index contributed by atoms with van der Waals surface area (Å²) in [5.74, 6) is 2.59. The summed E-state index contributed by atoms with van der Waals surface area (Å²) in [7, 11) is 0. The Bertz CT molecular complexity index is 727. The van der Waals surface area contributed by atoms with E-state index in [4.69, 9.17) is 0 Å². The van der Waals surface area contributed by atoms with Crippen molar-refractivity contribution in [2.45, 2.75) is 13.8 Å². The molecule has 1 atom stereocenters. The third-order valence-corrected chi connectivity index (χ3v) is 3.31. The van der Waals surface area contributed by atoms with Crippen LogP contribution in [-0.2, 0) is 0 Å². The fourth-order valence-corrected chi connectivity index (χ4v) is 2.19. The van der Waals surface area contributed by atoms with Gasteiger partial charge in [0.25, 0.3) is 0 Å². The Labute approximate surface area is 124 Å². The van der Waals surface area contributed by atoms with Crippen molar-refractivity contribution in [3.05, 3.63) is 72.4 Å². The van der Waals surface area contributed by atoms with Gasteiger partial charge in [-0.15, -0.1) is 0 Å². The van der Waals surface area contributed by atoms with E-state index in [1.54, 1.807) is 0 Å². The van der Waals surface area contributed by atoms with Crippen LogP contribution in [0.4, 0.5) is 0 Å². The molecule has 0 bridgehead atoms. The predicted molar refractivity (Wildman–Crippen MR) is 85.4 cm³/mol. The molecule has 3 heteroatoms. The lowest BCUT2D eigenvalue weighted by molar-refractivity contribution is 0.941. The third kappa shape index (κ3) is 3.14. The summed E-state index contributed by atoms with van der Waals surface area (Å²) in [5.41, 5.74) is 2.02. The number of benzene rings is 1. The van der Waals surface area contributed by atoms with Crippen molar-refractivity contribution in [3.63, 3.8) is 0 Å². The average molecular weight is 275 g/mol. The van der Waals surface area contributed by atoms with Crippen LogP contribution in [0, 0.1) is 12.8 Å². The molecule has 2 aromatic rings. The van der Waals surface area contributed by atoms with Gasteiger partial charge >= 0.3 is 0 Å². The van der Waals surface area contributed by atoms with Gasteiger partial charge < -0.3 is 0 Å². The van der Waals surface area contributed by atoms with E-state index in [0.717, 1.165) is 22.8 Å². The van der Waals surface area contributed by atoms with Gasteiger partial charge in [0.05, 0.1) is 0 Å². The van der Waals surface area contributed by atoms with E-state index in [9.17, 15) is 0 Å². The van der Waals surface area contributed by atoms with Crippen molar-refractivity contribution in [2.24, 2.45) is 5.92 Å². The molecule has 0 amide bonds. The Morgan fingerprint density at radius 3 is 2.48 bits per heavy atom. The van der Waals surface area contributed by atoms with Gasteiger partial charge in [0.2, 0.25) is 0 Å². The zero-order valence-electron chi connectivity index (χ0n) is 12.2. The van der Waals surface area contributed by atoms with E-state index in [-0.39, 0.29) is 0 Å². The van der Waals surface area contributed by atoms with Crippen LogP contribution in [0.3, 0.4) is 0 Å². The molecule has 1 aromatic carbocycles. The van der Waals surface area contributed by atoms with Gasteiger partial charge in [-0.3, -0.25) is 0 Å². The van der Waals surface area contributed by atoms with E-state index in [2.05, 4.69) is 46.2 Å². The normalized spacial score (nSPS) is 17.4. The Morgan fingerprint density at radius 2 is 1.67 bits per heavy atom. The van der Waals surface area contributed by atoms with Gasteiger partial charge in [0.15, 0.2) is 11.6 Å². The van der Waals surface area contributed by atoms with Crippen LogP contribution in [0.1, 0.15) is 18.6 Å². The molecule has 1 heterocycles. The molecule has 1 aliphatic rings. The van der Waals surface area contributed by atoms with E-state index >= 15 is 0 Å². The maximum absolute atomic E-state index is 4.62. The molecule has 21 heavy (non-hydrogen) atoms. The number of hydrogen-bond acceptors (Lipinski definition) is 3. The van der Waals surface area contributed by atoms with Crippen LogP contribution in [0.15, 0.2) is 60.7 Å². The molecule has 3 rings (SSSR count). The first-order valence-corrected chi connectivity index (χ1v) is 7.07. The maximum Gasteiger partial charge on any atom is 0.163 e. The van der Waals surface area contributed by atoms with Crippen molar-refractivity contribution >= 4 is 5.57 Å². The van der Waals surface area contributed by atoms with Crippen molar-refractivity contribution < 1.29 is 0 Å². The second kappa shape index (κ2) is 5.83. The van der Waals surface area contributed by atoms with Crippen LogP contribution in [0.2, 0.25) is 0 Å². The van der Waals surface area contributed by atoms with E-state index in [1.165, 1.54) is 0 Å². The molecule has 0 N–H and O–H groups in total. The molecule has 1 aromatic heterocycles. The lowest BCUT2D eigenvalue weighted by Crippen LogP contribution is -2.01. The monoisotopic (exact) mass is 275 g/mol. The van der Waals surface area contributed by atoms with Crippen molar-refractivity contribution in [2.75, 3.05) is 0 Å². The Morgan fingerprint density at radius 1 is 0.905 bits per heavy atom.